The first-order valence-corrected chi connectivity index (χ1v) is 14.2. The summed E-state index contributed by atoms with van der Waals surface area (Å²) < 4.78 is 4.83. The molecule has 3 nitrogen and oxygen atoms in total. The van der Waals surface area contributed by atoms with Crippen LogP contribution in [-0.4, -0.2) is 9.78 Å². The third-order valence-corrected chi connectivity index (χ3v) is 9.55. The van der Waals surface area contributed by atoms with Crippen LogP contribution in [0, 0.1) is 13.8 Å². The molecular formula is C36H38N3+. The number of hydrogen-bond acceptors (Lipinski definition) is 1. The number of benzene rings is 4. The van der Waals surface area contributed by atoms with E-state index in [4.69, 9.17) is 5.10 Å². The molecule has 2 heterocycles. The van der Waals surface area contributed by atoms with Gasteiger partial charge in [0.25, 0.3) is 5.82 Å². The summed E-state index contributed by atoms with van der Waals surface area (Å²) in [6.07, 6.45) is 2.01. The summed E-state index contributed by atoms with van der Waals surface area (Å²) in [5.74, 6) is 2.15. The van der Waals surface area contributed by atoms with Gasteiger partial charge in [-0.25, -0.2) is 0 Å². The Bertz CT molecular complexity index is 1660. The van der Waals surface area contributed by atoms with Crippen LogP contribution in [0.3, 0.4) is 0 Å². The predicted molar refractivity (Wildman–Crippen MR) is 161 cm³/mol. The minimum atomic E-state index is -0.205. The van der Waals surface area contributed by atoms with E-state index in [2.05, 4.69) is 148 Å². The smallest absolute Gasteiger partial charge is 0.189 e. The summed E-state index contributed by atoms with van der Waals surface area (Å²) in [5, 5.41) is 5.61. The molecule has 3 heteroatoms. The monoisotopic (exact) mass is 512 g/mol. The molecule has 39 heavy (non-hydrogen) atoms. The Kier molecular flexibility index (Phi) is 6.06. The zero-order valence-electron chi connectivity index (χ0n) is 24.0. The van der Waals surface area contributed by atoms with Gasteiger partial charge in [-0.2, -0.15) is 4.57 Å². The van der Waals surface area contributed by atoms with Crippen LogP contribution in [0.4, 0.5) is 0 Å². The van der Waals surface area contributed by atoms with E-state index in [1.165, 1.54) is 39.1 Å². The molecule has 1 aliphatic heterocycles. The maximum absolute atomic E-state index is 5.61. The number of para-hydroxylation sites is 1. The molecule has 0 saturated heterocycles. The van der Waals surface area contributed by atoms with Crippen LogP contribution in [0.2, 0.25) is 0 Å². The summed E-state index contributed by atoms with van der Waals surface area (Å²) in [4.78, 5) is 0. The standard InChI is InChI=1S/C36H38N3/c1-7-35(5)31-24-15-14-23-30(31)34-38(32-25(3)17-16-18-26(32)4)33(37-39(34)36(35,6)8-2)29-22-13-12-21-28(29)27-19-10-9-11-20-27/h9-24H,7-8H2,1-6H3/q+1. The molecule has 2 atom stereocenters. The van der Waals surface area contributed by atoms with Crippen LogP contribution < -0.4 is 4.57 Å². The van der Waals surface area contributed by atoms with Gasteiger partial charge in [-0.05, 0) is 73.6 Å². The number of aryl methyl sites for hydroxylation is 2. The molecule has 5 aromatic rings. The number of aromatic nitrogens is 3. The summed E-state index contributed by atoms with van der Waals surface area (Å²) in [6.45, 7) is 13.9. The molecule has 0 saturated carbocycles. The maximum atomic E-state index is 5.61. The van der Waals surface area contributed by atoms with Crippen molar-refractivity contribution in [2.45, 2.75) is 65.3 Å². The Morgan fingerprint density at radius 3 is 1.90 bits per heavy atom. The van der Waals surface area contributed by atoms with Gasteiger partial charge in [0.15, 0.2) is 0 Å². The van der Waals surface area contributed by atoms with Gasteiger partial charge in [-0.3, -0.25) is 0 Å². The quantitative estimate of drug-likeness (QED) is 0.216. The largest absolute Gasteiger partial charge is 0.314 e. The molecule has 2 unspecified atom stereocenters. The SMILES string of the molecule is CCC1(C)c2ccccc2-c2n(nc(-c3ccccc3-c3ccccc3)[n+]2-c2c(C)cccc2C)C1(C)CC. The number of nitrogens with zero attached hydrogens (tertiary/aromatic N) is 3. The van der Waals surface area contributed by atoms with Gasteiger partial charge in [-0.15, -0.1) is 0 Å². The molecule has 1 aromatic heterocycles. The van der Waals surface area contributed by atoms with Crippen molar-refractivity contribution >= 4 is 0 Å². The Morgan fingerprint density at radius 1 is 0.667 bits per heavy atom. The van der Waals surface area contributed by atoms with E-state index in [-0.39, 0.29) is 11.0 Å². The van der Waals surface area contributed by atoms with Crippen LogP contribution in [0.15, 0.2) is 97.1 Å². The summed E-state index contributed by atoms with van der Waals surface area (Å²) in [7, 11) is 0. The van der Waals surface area contributed by atoms with Gasteiger partial charge < -0.3 is 0 Å². The molecule has 6 rings (SSSR count). The fraction of sp³-hybridized carbons (Fsp3) is 0.278. The zero-order valence-corrected chi connectivity index (χ0v) is 24.0. The first-order chi connectivity index (χ1) is 18.9. The molecule has 196 valence electrons. The topological polar surface area (TPSA) is 21.7 Å². The Labute approximate surface area is 232 Å². The first-order valence-electron chi connectivity index (χ1n) is 14.2. The molecule has 0 N–H and O–H groups in total. The van der Waals surface area contributed by atoms with E-state index in [0.29, 0.717) is 0 Å². The zero-order chi connectivity index (χ0) is 27.4. The van der Waals surface area contributed by atoms with Gasteiger partial charge in [-0.1, -0.05) is 110 Å². The fourth-order valence-electron chi connectivity index (χ4n) is 6.85. The van der Waals surface area contributed by atoms with E-state index in [0.717, 1.165) is 30.1 Å². The maximum Gasteiger partial charge on any atom is 0.314 e. The van der Waals surface area contributed by atoms with E-state index in [9.17, 15) is 0 Å². The van der Waals surface area contributed by atoms with Crippen molar-refractivity contribution in [1.29, 1.82) is 0 Å². The Balaban J connectivity index is 1.80. The molecule has 0 aliphatic carbocycles. The van der Waals surface area contributed by atoms with Crippen molar-refractivity contribution in [3.8, 4) is 39.6 Å². The average Bonchev–Trinajstić information content (AvgIpc) is 3.37. The summed E-state index contributed by atoms with van der Waals surface area (Å²) >= 11 is 0. The van der Waals surface area contributed by atoms with Gasteiger partial charge in [0.2, 0.25) is 0 Å². The third-order valence-electron chi connectivity index (χ3n) is 9.55. The Hall–Kier alpha value is -3.98. The van der Waals surface area contributed by atoms with Crippen LogP contribution in [0.5, 0.6) is 0 Å². The van der Waals surface area contributed by atoms with Crippen LogP contribution in [0.1, 0.15) is 57.2 Å². The predicted octanol–water partition coefficient (Wildman–Crippen LogP) is 8.58. The summed E-state index contributed by atoms with van der Waals surface area (Å²) in [5.41, 5.74) is 9.64. The molecule has 0 radical (unpaired) electrons. The van der Waals surface area contributed by atoms with Crippen molar-refractivity contribution in [2.24, 2.45) is 0 Å². The highest BCUT2D eigenvalue weighted by Crippen LogP contribution is 2.53. The Morgan fingerprint density at radius 2 is 1.26 bits per heavy atom. The lowest BCUT2D eigenvalue weighted by atomic mass is 9.61. The van der Waals surface area contributed by atoms with Crippen molar-refractivity contribution in [3.63, 3.8) is 0 Å². The van der Waals surface area contributed by atoms with Gasteiger partial charge in [0, 0.05) is 10.5 Å². The fourth-order valence-corrected chi connectivity index (χ4v) is 6.85. The molecule has 4 aromatic carbocycles. The van der Waals surface area contributed by atoms with E-state index < -0.39 is 0 Å². The van der Waals surface area contributed by atoms with Crippen LogP contribution in [0.25, 0.3) is 39.6 Å². The van der Waals surface area contributed by atoms with Crippen molar-refractivity contribution in [3.05, 3.63) is 114 Å². The normalized spacial score (nSPS) is 19.9. The lowest BCUT2D eigenvalue weighted by Crippen LogP contribution is -2.53. The molecule has 0 fully saturated rings. The second kappa shape index (κ2) is 9.34. The minimum Gasteiger partial charge on any atom is -0.189 e. The second-order valence-corrected chi connectivity index (χ2v) is 11.4. The third kappa shape index (κ3) is 3.56. The van der Waals surface area contributed by atoms with Crippen molar-refractivity contribution in [2.75, 3.05) is 0 Å². The van der Waals surface area contributed by atoms with E-state index in [1.807, 2.05) is 0 Å². The highest BCUT2D eigenvalue weighted by atomic mass is 15.4. The van der Waals surface area contributed by atoms with Crippen LogP contribution in [-0.2, 0) is 11.0 Å². The number of rotatable bonds is 5. The molecule has 1 aliphatic rings. The molecule has 0 spiro atoms. The highest BCUT2D eigenvalue weighted by molar-refractivity contribution is 5.80. The average molecular weight is 513 g/mol. The van der Waals surface area contributed by atoms with Crippen molar-refractivity contribution in [1.82, 2.24) is 9.78 Å². The van der Waals surface area contributed by atoms with Gasteiger partial charge >= 0.3 is 5.82 Å². The first kappa shape index (κ1) is 25.3. The second-order valence-electron chi connectivity index (χ2n) is 11.4. The lowest BCUT2D eigenvalue weighted by Gasteiger charge is -2.46. The number of fused-ring (bicyclic) bond motifs is 3. The van der Waals surface area contributed by atoms with E-state index in [1.54, 1.807) is 0 Å². The van der Waals surface area contributed by atoms with Gasteiger partial charge in [0.1, 0.15) is 11.2 Å². The minimum absolute atomic E-state index is 0.0633. The molecule has 0 bridgehead atoms. The van der Waals surface area contributed by atoms with Gasteiger partial charge in [0.05, 0.1) is 11.1 Å². The van der Waals surface area contributed by atoms with E-state index >= 15 is 0 Å². The van der Waals surface area contributed by atoms with Crippen molar-refractivity contribution < 1.29 is 4.57 Å². The lowest BCUT2D eigenvalue weighted by molar-refractivity contribution is -0.574. The highest BCUT2D eigenvalue weighted by Gasteiger charge is 2.57. The van der Waals surface area contributed by atoms with Crippen LogP contribution >= 0.6 is 0 Å². The number of hydrogen-bond donors (Lipinski definition) is 0. The summed E-state index contributed by atoms with van der Waals surface area (Å²) in [6, 6.07) is 35.0. The molecular weight excluding hydrogens is 474 g/mol. The molecule has 0 amide bonds.